The van der Waals surface area contributed by atoms with Gasteiger partial charge in [-0.05, 0) is 23.1 Å². The first kappa shape index (κ1) is 31.0. The number of aliphatic carboxylic acids is 2. The van der Waals surface area contributed by atoms with Gasteiger partial charge in [-0.2, -0.15) is 26.3 Å². The first-order chi connectivity index (χ1) is 17.6. The van der Waals surface area contributed by atoms with Gasteiger partial charge in [0.1, 0.15) is 0 Å². The summed E-state index contributed by atoms with van der Waals surface area (Å²) in [7, 11) is 0. The average molecular weight is 571 g/mol. The molecule has 1 amide bonds. The molecule has 0 radical (unpaired) electrons. The third kappa shape index (κ3) is 8.95. The van der Waals surface area contributed by atoms with Crippen LogP contribution in [0.25, 0.3) is 0 Å². The Hall–Kier alpha value is -3.24. The third-order valence-electron chi connectivity index (χ3n) is 5.52. The molecule has 2 atom stereocenters. The number of thiophene rings is 1. The van der Waals surface area contributed by atoms with Gasteiger partial charge in [-0.15, -0.1) is 11.3 Å². The fourth-order valence-corrected chi connectivity index (χ4v) is 4.51. The number of pyridine rings is 1. The second-order valence-corrected chi connectivity index (χ2v) is 9.30. The quantitative estimate of drug-likeness (QED) is 0.467. The number of carbonyl (C=O) groups is 3. The molecule has 3 N–H and O–H groups in total. The molecule has 0 bridgehead atoms. The van der Waals surface area contributed by atoms with Crippen molar-refractivity contribution in [2.24, 2.45) is 11.3 Å². The smallest absolute Gasteiger partial charge is 0.475 e. The fourth-order valence-electron chi connectivity index (χ4n) is 3.77. The van der Waals surface area contributed by atoms with Gasteiger partial charge in [-0.3, -0.25) is 14.7 Å². The summed E-state index contributed by atoms with van der Waals surface area (Å²) in [5.74, 6) is -5.12. The lowest BCUT2D eigenvalue weighted by molar-refractivity contribution is -0.193. The molecule has 38 heavy (non-hydrogen) atoms. The molecular formula is C22H23F6N3O6S. The number of rotatable bonds is 5. The SMILES string of the molecule is O=C(NCc1cccnc1)[C@]12COC[C@H]1CN(Cc1cccs1)C2.O=C(O)C(F)(F)F.O=C(O)C(F)(F)F. The molecule has 4 heterocycles. The van der Waals surface area contributed by atoms with E-state index in [1.165, 1.54) is 4.88 Å². The Bertz CT molecular complexity index is 1040. The summed E-state index contributed by atoms with van der Waals surface area (Å²) in [5.41, 5.74) is 0.616. The van der Waals surface area contributed by atoms with Crippen molar-refractivity contribution in [2.75, 3.05) is 26.3 Å². The molecule has 0 aliphatic carbocycles. The number of amides is 1. The van der Waals surface area contributed by atoms with Gasteiger partial charge in [0.2, 0.25) is 5.91 Å². The van der Waals surface area contributed by atoms with E-state index in [0.29, 0.717) is 19.8 Å². The lowest BCUT2D eigenvalue weighted by Gasteiger charge is -2.26. The summed E-state index contributed by atoms with van der Waals surface area (Å²) < 4.78 is 69.1. The standard InChI is InChI=1S/C18H21N3O2S.2C2HF3O2/c22-17(20-8-14-3-1-5-19-7-14)18-12-21(9-15(18)11-23-13-18)10-16-4-2-6-24-16;2*3-2(4,5)1(6)7/h1-7,15H,8-13H2,(H,20,22);2*(H,6,7)/t15-,18-;;/m1../s1. The summed E-state index contributed by atoms with van der Waals surface area (Å²) in [6.45, 7) is 4.35. The van der Waals surface area contributed by atoms with Crippen LogP contribution in [0.2, 0.25) is 0 Å². The molecule has 0 unspecified atom stereocenters. The third-order valence-corrected chi connectivity index (χ3v) is 6.38. The van der Waals surface area contributed by atoms with Gasteiger partial charge in [-0.1, -0.05) is 12.1 Å². The Labute approximate surface area is 216 Å². The molecule has 4 rings (SSSR count). The Morgan fingerprint density at radius 2 is 1.74 bits per heavy atom. The highest BCUT2D eigenvalue weighted by atomic mass is 32.1. The molecule has 2 saturated heterocycles. The van der Waals surface area contributed by atoms with Gasteiger partial charge in [-0.25, -0.2) is 9.59 Å². The molecule has 210 valence electrons. The zero-order chi connectivity index (χ0) is 28.6. The lowest BCUT2D eigenvalue weighted by atomic mass is 9.80. The van der Waals surface area contributed by atoms with Crippen molar-refractivity contribution in [3.05, 3.63) is 52.5 Å². The van der Waals surface area contributed by atoms with E-state index in [2.05, 4.69) is 32.7 Å². The number of carboxylic acids is 2. The number of hydrogen-bond acceptors (Lipinski definition) is 7. The van der Waals surface area contributed by atoms with Crippen LogP contribution in [0.15, 0.2) is 42.0 Å². The normalized spacial score (nSPS) is 20.8. The molecule has 2 aromatic rings. The number of carboxylic acid groups (broad SMARTS) is 2. The summed E-state index contributed by atoms with van der Waals surface area (Å²) in [4.78, 5) is 38.6. The van der Waals surface area contributed by atoms with Gasteiger partial charge in [0.15, 0.2) is 0 Å². The maximum atomic E-state index is 12.9. The van der Waals surface area contributed by atoms with Crippen molar-refractivity contribution in [1.29, 1.82) is 0 Å². The van der Waals surface area contributed by atoms with Crippen LogP contribution in [-0.2, 0) is 32.2 Å². The fraction of sp³-hybridized carbons (Fsp3) is 0.455. The van der Waals surface area contributed by atoms with Crippen LogP contribution >= 0.6 is 11.3 Å². The number of carbonyl (C=O) groups excluding carboxylic acids is 1. The number of nitrogens with zero attached hydrogens (tertiary/aromatic N) is 2. The maximum Gasteiger partial charge on any atom is 0.490 e. The summed E-state index contributed by atoms with van der Waals surface area (Å²) >= 11 is 1.77. The minimum absolute atomic E-state index is 0.113. The largest absolute Gasteiger partial charge is 0.490 e. The predicted molar refractivity (Wildman–Crippen MR) is 120 cm³/mol. The molecule has 0 spiro atoms. The second-order valence-electron chi connectivity index (χ2n) is 8.27. The molecule has 2 aliphatic heterocycles. The molecule has 2 aliphatic rings. The summed E-state index contributed by atoms with van der Waals surface area (Å²) in [6, 6.07) is 8.10. The highest BCUT2D eigenvalue weighted by Crippen LogP contribution is 2.42. The molecule has 9 nitrogen and oxygen atoms in total. The van der Waals surface area contributed by atoms with Crippen LogP contribution in [-0.4, -0.2) is 76.6 Å². The van der Waals surface area contributed by atoms with E-state index in [4.69, 9.17) is 24.5 Å². The minimum Gasteiger partial charge on any atom is -0.475 e. The number of halogens is 6. The van der Waals surface area contributed by atoms with E-state index in [9.17, 15) is 31.1 Å². The van der Waals surface area contributed by atoms with E-state index in [-0.39, 0.29) is 11.8 Å². The molecule has 0 saturated carbocycles. The van der Waals surface area contributed by atoms with E-state index < -0.39 is 29.7 Å². The average Bonchev–Trinajstić information content (AvgIpc) is 3.55. The van der Waals surface area contributed by atoms with Crippen molar-refractivity contribution < 1.29 is 55.7 Å². The maximum absolute atomic E-state index is 12.9. The van der Waals surface area contributed by atoms with Crippen molar-refractivity contribution in [2.45, 2.75) is 25.4 Å². The molecular weight excluding hydrogens is 548 g/mol. The van der Waals surface area contributed by atoms with Crippen LogP contribution in [0.3, 0.4) is 0 Å². The van der Waals surface area contributed by atoms with Gasteiger partial charge in [0.05, 0.1) is 18.6 Å². The minimum atomic E-state index is -5.08. The number of ether oxygens (including phenoxy) is 1. The first-order valence-electron chi connectivity index (χ1n) is 10.7. The van der Waals surface area contributed by atoms with Crippen LogP contribution in [0.4, 0.5) is 26.3 Å². The monoisotopic (exact) mass is 571 g/mol. The van der Waals surface area contributed by atoms with Gasteiger partial charge in [0, 0.05) is 49.4 Å². The van der Waals surface area contributed by atoms with E-state index in [1.54, 1.807) is 23.7 Å². The highest BCUT2D eigenvalue weighted by Gasteiger charge is 2.55. The van der Waals surface area contributed by atoms with Crippen LogP contribution in [0.5, 0.6) is 0 Å². The topological polar surface area (TPSA) is 129 Å². The van der Waals surface area contributed by atoms with Gasteiger partial charge in [0.25, 0.3) is 0 Å². The van der Waals surface area contributed by atoms with Crippen molar-refractivity contribution >= 4 is 29.2 Å². The zero-order valence-corrected chi connectivity index (χ0v) is 20.3. The number of likely N-dealkylation sites (tertiary alicyclic amines) is 1. The van der Waals surface area contributed by atoms with E-state index in [1.807, 2.05) is 12.1 Å². The van der Waals surface area contributed by atoms with Gasteiger partial charge < -0.3 is 20.3 Å². The first-order valence-corrected chi connectivity index (χ1v) is 11.6. The number of aromatic nitrogens is 1. The summed E-state index contributed by atoms with van der Waals surface area (Å²) in [6.07, 6.45) is -6.64. The van der Waals surface area contributed by atoms with E-state index >= 15 is 0 Å². The molecule has 16 heteroatoms. The van der Waals surface area contributed by atoms with Crippen molar-refractivity contribution in [3.63, 3.8) is 0 Å². The number of hydrogen-bond donors (Lipinski definition) is 3. The van der Waals surface area contributed by atoms with E-state index in [0.717, 1.165) is 25.2 Å². The highest BCUT2D eigenvalue weighted by molar-refractivity contribution is 7.09. The summed E-state index contributed by atoms with van der Waals surface area (Å²) in [5, 5.41) is 19.5. The second kappa shape index (κ2) is 13.0. The Balaban J connectivity index is 0.000000301. The predicted octanol–water partition coefficient (Wildman–Crippen LogP) is 3.17. The Kier molecular flexibility index (Phi) is 10.6. The lowest BCUT2D eigenvalue weighted by Crippen LogP contribution is -2.46. The van der Waals surface area contributed by atoms with Crippen LogP contribution in [0.1, 0.15) is 10.4 Å². The van der Waals surface area contributed by atoms with Gasteiger partial charge >= 0.3 is 24.3 Å². The molecule has 2 aromatic heterocycles. The Morgan fingerprint density at radius 3 is 2.24 bits per heavy atom. The zero-order valence-electron chi connectivity index (χ0n) is 19.5. The van der Waals surface area contributed by atoms with Crippen molar-refractivity contribution in [3.8, 4) is 0 Å². The van der Waals surface area contributed by atoms with Crippen molar-refractivity contribution in [1.82, 2.24) is 15.2 Å². The number of fused-ring (bicyclic) bond motifs is 1. The Morgan fingerprint density at radius 1 is 1.11 bits per heavy atom. The van der Waals surface area contributed by atoms with Crippen LogP contribution in [0, 0.1) is 11.3 Å². The number of alkyl halides is 6. The molecule has 2 fully saturated rings. The van der Waals surface area contributed by atoms with Crippen LogP contribution < -0.4 is 5.32 Å². The molecule has 0 aromatic carbocycles. The number of nitrogens with one attached hydrogen (secondary N) is 1.